The lowest BCUT2D eigenvalue weighted by Gasteiger charge is -2.34. The Morgan fingerprint density at radius 1 is 0.947 bits per heavy atom. The standard InChI is InChI=1S/C28H34F2N8/c1-6-36-9-11-37(12-10-36)16-20-7-8-25(32-18(20)4)34-28-31-15-23(30)26(35-28)21-13-22(29)27-24(14-21)38(17(2)3)19(5)33-27/h7-8,13-15,17H,6,9-12,16H2,1-5H3,(H,31,32,34,35). The number of imidazole rings is 1. The Balaban J connectivity index is 1.38. The van der Waals surface area contributed by atoms with E-state index in [4.69, 9.17) is 0 Å². The van der Waals surface area contributed by atoms with Crippen molar-refractivity contribution in [2.24, 2.45) is 0 Å². The lowest BCUT2D eigenvalue weighted by atomic mass is 10.1. The summed E-state index contributed by atoms with van der Waals surface area (Å²) in [6, 6.07) is 7.00. The minimum absolute atomic E-state index is 0.0111. The summed E-state index contributed by atoms with van der Waals surface area (Å²) in [4.78, 5) is 22.4. The minimum atomic E-state index is -0.635. The van der Waals surface area contributed by atoms with Crippen molar-refractivity contribution in [1.82, 2.24) is 34.3 Å². The van der Waals surface area contributed by atoms with E-state index in [0.717, 1.165) is 51.2 Å². The number of benzene rings is 1. The highest BCUT2D eigenvalue weighted by molar-refractivity contribution is 5.83. The van der Waals surface area contributed by atoms with Crippen molar-refractivity contribution in [2.75, 3.05) is 38.0 Å². The van der Waals surface area contributed by atoms with Crippen LogP contribution in [0, 0.1) is 25.5 Å². The number of hydrogen-bond acceptors (Lipinski definition) is 7. The van der Waals surface area contributed by atoms with E-state index >= 15 is 0 Å². The van der Waals surface area contributed by atoms with Crippen molar-refractivity contribution in [2.45, 2.75) is 47.2 Å². The third kappa shape index (κ3) is 5.23. The zero-order chi connectivity index (χ0) is 27.0. The Morgan fingerprint density at radius 3 is 2.37 bits per heavy atom. The first-order chi connectivity index (χ1) is 18.2. The summed E-state index contributed by atoms with van der Waals surface area (Å²) >= 11 is 0. The van der Waals surface area contributed by atoms with Gasteiger partial charge in [-0.3, -0.25) is 4.90 Å². The first-order valence-electron chi connectivity index (χ1n) is 13.1. The maximum absolute atomic E-state index is 15.0. The van der Waals surface area contributed by atoms with Gasteiger partial charge in [-0.15, -0.1) is 0 Å². The Kier molecular flexibility index (Phi) is 7.36. The van der Waals surface area contributed by atoms with Crippen LogP contribution in [0.3, 0.4) is 0 Å². The second-order valence-corrected chi connectivity index (χ2v) is 10.1. The molecule has 0 radical (unpaired) electrons. The largest absolute Gasteiger partial charge is 0.326 e. The summed E-state index contributed by atoms with van der Waals surface area (Å²) in [5.41, 5.74) is 3.28. The number of anilines is 2. The van der Waals surface area contributed by atoms with Crippen molar-refractivity contribution in [3.63, 3.8) is 0 Å². The van der Waals surface area contributed by atoms with Gasteiger partial charge in [0.15, 0.2) is 11.6 Å². The molecular weight excluding hydrogens is 486 g/mol. The molecule has 1 saturated heterocycles. The molecule has 1 N–H and O–H groups in total. The molecule has 38 heavy (non-hydrogen) atoms. The molecule has 8 nitrogen and oxygen atoms in total. The van der Waals surface area contributed by atoms with Crippen LogP contribution in [0.5, 0.6) is 0 Å². The second-order valence-electron chi connectivity index (χ2n) is 10.1. The van der Waals surface area contributed by atoms with E-state index in [9.17, 15) is 8.78 Å². The lowest BCUT2D eigenvalue weighted by molar-refractivity contribution is 0.131. The molecule has 0 amide bonds. The van der Waals surface area contributed by atoms with Crippen LogP contribution in [0.4, 0.5) is 20.5 Å². The summed E-state index contributed by atoms with van der Waals surface area (Å²) in [6.07, 6.45) is 1.09. The number of nitrogens with one attached hydrogen (secondary N) is 1. The molecule has 0 spiro atoms. The molecule has 1 fully saturated rings. The van der Waals surface area contributed by atoms with Crippen LogP contribution in [-0.4, -0.2) is 67.0 Å². The number of hydrogen-bond donors (Lipinski definition) is 1. The smallest absolute Gasteiger partial charge is 0.229 e. The van der Waals surface area contributed by atoms with Gasteiger partial charge in [0.05, 0.1) is 11.7 Å². The molecule has 200 valence electrons. The number of rotatable bonds is 7. The predicted octanol–water partition coefficient (Wildman–Crippen LogP) is 5.25. The maximum atomic E-state index is 15.0. The summed E-state index contributed by atoms with van der Waals surface area (Å²) in [6.45, 7) is 16.2. The van der Waals surface area contributed by atoms with Crippen LogP contribution in [0.25, 0.3) is 22.3 Å². The molecule has 0 bridgehead atoms. The number of aryl methyl sites for hydroxylation is 2. The van der Waals surface area contributed by atoms with Crippen molar-refractivity contribution in [3.8, 4) is 11.3 Å². The molecule has 0 saturated carbocycles. The van der Waals surface area contributed by atoms with Crippen LogP contribution in [0.15, 0.2) is 30.5 Å². The van der Waals surface area contributed by atoms with Crippen LogP contribution < -0.4 is 5.32 Å². The quantitative estimate of drug-likeness (QED) is 0.357. The van der Waals surface area contributed by atoms with Crippen molar-refractivity contribution >= 4 is 22.8 Å². The average Bonchev–Trinajstić information content (AvgIpc) is 3.24. The van der Waals surface area contributed by atoms with Gasteiger partial charge in [0.1, 0.15) is 22.9 Å². The number of piperazine rings is 1. The van der Waals surface area contributed by atoms with Gasteiger partial charge in [-0.25, -0.2) is 28.7 Å². The lowest BCUT2D eigenvalue weighted by Crippen LogP contribution is -2.45. The van der Waals surface area contributed by atoms with E-state index in [0.29, 0.717) is 22.7 Å². The topological polar surface area (TPSA) is 75.0 Å². The number of likely N-dealkylation sites (N-methyl/N-ethyl adjacent to an activating group) is 1. The molecule has 0 aliphatic carbocycles. The number of fused-ring (bicyclic) bond motifs is 1. The summed E-state index contributed by atoms with van der Waals surface area (Å²) in [5, 5.41) is 3.08. The fourth-order valence-corrected chi connectivity index (χ4v) is 5.13. The molecule has 0 unspecified atom stereocenters. The first kappa shape index (κ1) is 26.1. The molecular formula is C28H34F2N8. The Labute approximate surface area is 221 Å². The highest BCUT2D eigenvalue weighted by atomic mass is 19.1. The highest BCUT2D eigenvalue weighted by Gasteiger charge is 2.19. The Bertz CT molecular complexity index is 1460. The van der Waals surface area contributed by atoms with E-state index in [1.54, 1.807) is 6.07 Å². The first-order valence-corrected chi connectivity index (χ1v) is 13.1. The van der Waals surface area contributed by atoms with Gasteiger partial charge in [-0.05, 0) is 58.0 Å². The van der Waals surface area contributed by atoms with Gasteiger partial charge in [0, 0.05) is 50.0 Å². The normalized spacial score (nSPS) is 15.1. The van der Waals surface area contributed by atoms with Crippen molar-refractivity contribution in [1.29, 1.82) is 0 Å². The zero-order valence-electron chi connectivity index (χ0n) is 22.6. The number of halogens is 2. The molecule has 10 heteroatoms. The Morgan fingerprint density at radius 2 is 1.68 bits per heavy atom. The molecule has 5 rings (SSSR count). The third-order valence-electron chi connectivity index (χ3n) is 7.20. The van der Waals surface area contributed by atoms with Gasteiger partial charge in [0.25, 0.3) is 0 Å². The Hall–Kier alpha value is -3.50. The van der Waals surface area contributed by atoms with Crippen LogP contribution in [0.1, 0.15) is 43.9 Å². The van der Waals surface area contributed by atoms with E-state index in [1.165, 1.54) is 11.6 Å². The fraction of sp³-hybridized carbons (Fsp3) is 0.429. The van der Waals surface area contributed by atoms with Gasteiger partial charge in [-0.1, -0.05) is 13.0 Å². The number of aromatic nitrogens is 5. The maximum Gasteiger partial charge on any atom is 0.229 e. The van der Waals surface area contributed by atoms with E-state index < -0.39 is 11.6 Å². The van der Waals surface area contributed by atoms with E-state index in [1.807, 2.05) is 38.3 Å². The molecule has 1 aliphatic heterocycles. The molecule has 0 atom stereocenters. The van der Waals surface area contributed by atoms with Crippen molar-refractivity contribution in [3.05, 3.63) is 59.2 Å². The number of nitrogens with zero attached hydrogens (tertiary/aromatic N) is 7. The summed E-state index contributed by atoms with van der Waals surface area (Å²) in [5.74, 6) is 0.297. The van der Waals surface area contributed by atoms with Gasteiger partial charge in [-0.2, -0.15) is 0 Å². The van der Waals surface area contributed by atoms with E-state index in [2.05, 4.69) is 48.0 Å². The van der Waals surface area contributed by atoms with Crippen LogP contribution >= 0.6 is 0 Å². The highest BCUT2D eigenvalue weighted by Crippen LogP contribution is 2.30. The second kappa shape index (κ2) is 10.7. The SMILES string of the molecule is CCN1CCN(Cc2ccc(Nc3ncc(F)c(-c4cc(F)c5nc(C)n(C(C)C)c5c4)n3)nc2C)CC1. The minimum Gasteiger partial charge on any atom is -0.326 e. The van der Waals surface area contributed by atoms with Gasteiger partial charge < -0.3 is 14.8 Å². The summed E-state index contributed by atoms with van der Waals surface area (Å²) in [7, 11) is 0. The fourth-order valence-electron chi connectivity index (χ4n) is 5.13. The van der Waals surface area contributed by atoms with Gasteiger partial charge >= 0.3 is 0 Å². The molecule has 3 aromatic heterocycles. The predicted molar refractivity (Wildman–Crippen MR) is 145 cm³/mol. The summed E-state index contributed by atoms with van der Waals surface area (Å²) < 4.78 is 31.8. The molecule has 1 aromatic carbocycles. The molecule has 1 aliphatic rings. The van der Waals surface area contributed by atoms with Gasteiger partial charge in [0.2, 0.25) is 5.95 Å². The molecule has 4 aromatic rings. The van der Waals surface area contributed by atoms with Crippen molar-refractivity contribution < 1.29 is 8.78 Å². The average molecular weight is 521 g/mol. The molecule has 4 heterocycles. The van der Waals surface area contributed by atoms with Crippen LogP contribution in [-0.2, 0) is 6.54 Å². The number of pyridine rings is 1. The zero-order valence-corrected chi connectivity index (χ0v) is 22.6. The van der Waals surface area contributed by atoms with Crippen LogP contribution in [0.2, 0.25) is 0 Å². The van der Waals surface area contributed by atoms with E-state index in [-0.39, 0.29) is 23.2 Å². The third-order valence-corrected chi connectivity index (χ3v) is 7.20. The monoisotopic (exact) mass is 520 g/mol.